The average molecular weight is 439 g/mol. The van der Waals surface area contributed by atoms with E-state index in [1.165, 1.54) is 44.1 Å². The van der Waals surface area contributed by atoms with Crippen molar-refractivity contribution in [1.29, 1.82) is 0 Å². The van der Waals surface area contributed by atoms with Gasteiger partial charge in [-0.25, -0.2) is 4.79 Å². The highest BCUT2D eigenvalue weighted by Crippen LogP contribution is 2.22. The standard InChI is InChI=1S/C28H38O4/c1-4-6-7-8-9-10-12-23-13-15-24(16-14-23)25-17-19-26(20-18-25)28(30)32-22(3)21-31-27(29)11-5-2/h13-20,22H,4-12,21H2,1-3H3. The predicted molar refractivity (Wildman–Crippen MR) is 130 cm³/mol. The Balaban J connectivity index is 1.81. The molecule has 0 fully saturated rings. The zero-order valence-corrected chi connectivity index (χ0v) is 19.9. The third kappa shape index (κ3) is 9.25. The number of rotatable bonds is 14. The highest BCUT2D eigenvalue weighted by molar-refractivity contribution is 5.90. The van der Waals surface area contributed by atoms with Gasteiger partial charge in [0.15, 0.2) is 0 Å². The van der Waals surface area contributed by atoms with Crippen molar-refractivity contribution in [3.63, 3.8) is 0 Å². The summed E-state index contributed by atoms with van der Waals surface area (Å²) in [5.74, 6) is -0.678. The number of carbonyl (C=O) groups excluding carboxylic acids is 2. The molecular formula is C28H38O4. The molecule has 0 amide bonds. The van der Waals surface area contributed by atoms with Crippen LogP contribution < -0.4 is 0 Å². The fraction of sp³-hybridized carbons (Fsp3) is 0.500. The lowest BCUT2D eigenvalue weighted by Gasteiger charge is -2.14. The van der Waals surface area contributed by atoms with Crippen LogP contribution in [-0.4, -0.2) is 24.6 Å². The summed E-state index contributed by atoms with van der Waals surface area (Å²) in [6.45, 7) is 5.96. The van der Waals surface area contributed by atoms with E-state index >= 15 is 0 Å². The van der Waals surface area contributed by atoms with E-state index in [2.05, 4.69) is 31.2 Å². The van der Waals surface area contributed by atoms with Gasteiger partial charge in [-0.1, -0.05) is 82.3 Å². The second-order valence-corrected chi connectivity index (χ2v) is 8.44. The Bertz CT molecular complexity index is 808. The van der Waals surface area contributed by atoms with Crippen LogP contribution in [0.5, 0.6) is 0 Å². The topological polar surface area (TPSA) is 52.6 Å². The quantitative estimate of drug-likeness (QED) is 0.232. The van der Waals surface area contributed by atoms with Gasteiger partial charge in [0.1, 0.15) is 12.7 Å². The molecule has 0 saturated heterocycles. The van der Waals surface area contributed by atoms with Gasteiger partial charge in [0.2, 0.25) is 0 Å². The van der Waals surface area contributed by atoms with Crippen LogP contribution >= 0.6 is 0 Å². The zero-order valence-electron chi connectivity index (χ0n) is 19.9. The molecule has 0 aromatic heterocycles. The van der Waals surface area contributed by atoms with Crippen molar-refractivity contribution in [3.8, 4) is 11.1 Å². The van der Waals surface area contributed by atoms with Gasteiger partial charge in [-0.15, -0.1) is 0 Å². The molecule has 0 bridgehead atoms. The van der Waals surface area contributed by atoms with Crippen molar-refractivity contribution in [2.24, 2.45) is 0 Å². The van der Waals surface area contributed by atoms with E-state index in [0.29, 0.717) is 12.0 Å². The number of esters is 2. The van der Waals surface area contributed by atoms with Crippen molar-refractivity contribution < 1.29 is 19.1 Å². The van der Waals surface area contributed by atoms with Crippen LogP contribution in [0.15, 0.2) is 48.5 Å². The highest BCUT2D eigenvalue weighted by Gasteiger charge is 2.14. The van der Waals surface area contributed by atoms with Crippen molar-refractivity contribution in [3.05, 3.63) is 59.7 Å². The number of benzene rings is 2. The Labute approximate surface area is 193 Å². The Morgan fingerprint density at radius 1 is 0.781 bits per heavy atom. The van der Waals surface area contributed by atoms with Crippen molar-refractivity contribution in [2.75, 3.05) is 6.61 Å². The van der Waals surface area contributed by atoms with Crippen molar-refractivity contribution >= 4 is 11.9 Å². The normalized spacial score (nSPS) is 11.7. The Morgan fingerprint density at radius 2 is 1.38 bits per heavy atom. The fourth-order valence-electron chi connectivity index (χ4n) is 3.54. The molecule has 1 atom stereocenters. The molecule has 174 valence electrons. The zero-order chi connectivity index (χ0) is 23.2. The molecule has 0 N–H and O–H groups in total. The van der Waals surface area contributed by atoms with Crippen molar-refractivity contribution in [1.82, 2.24) is 0 Å². The minimum atomic E-state index is -0.484. The summed E-state index contributed by atoms with van der Waals surface area (Å²) in [6, 6.07) is 16.1. The van der Waals surface area contributed by atoms with Crippen LogP contribution in [0.25, 0.3) is 11.1 Å². The van der Waals surface area contributed by atoms with Crippen LogP contribution in [-0.2, 0) is 20.7 Å². The van der Waals surface area contributed by atoms with E-state index in [-0.39, 0.29) is 12.6 Å². The van der Waals surface area contributed by atoms with E-state index in [0.717, 1.165) is 24.0 Å². The molecule has 0 spiro atoms. The maximum Gasteiger partial charge on any atom is 0.338 e. The van der Waals surface area contributed by atoms with E-state index in [1.807, 2.05) is 19.1 Å². The lowest BCUT2D eigenvalue weighted by atomic mass is 10.00. The molecule has 0 aliphatic carbocycles. The summed E-state index contributed by atoms with van der Waals surface area (Å²) in [4.78, 5) is 23.8. The van der Waals surface area contributed by atoms with Crippen LogP contribution in [0.1, 0.15) is 88.1 Å². The third-order valence-electron chi connectivity index (χ3n) is 5.47. The molecule has 4 heteroatoms. The lowest BCUT2D eigenvalue weighted by molar-refractivity contribution is -0.146. The van der Waals surface area contributed by atoms with Crippen LogP contribution in [0.3, 0.4) is 0 Å². The average Bonchev–Trinajstić information content (AvgIpc) is 2.81. The smallest absolute Gasteiger partial charge is 0.338 e. The number of ether oxygens (including phenoxy) is 2. The number of hydrogen-bond acceptors (Lipinski definition) is 4. The first-order valence-corrected chi connectivity index (χ1v) is 12.1. The van der Waals surface area contributed by atoms with Gasteiger partial charge in [0.25, 0.3) is 0 Å². The largest absolute Gasteiger partial charge is 0.462 e. The van der Waals surface area contributed by atoms with Gasteiger partial charge in [-0.3, -0.25) is 4.79 Å². The molecule has 0 saturated carbocycles. The number of unbranched alkanes of at least 4 members (excludes halogenated alkanes) is 5. The van der Waals surface area contributed by atoms with Gasteiger partial charge in [0, 0.05) is 6.42 Å². The number of hydrogen-bond donors (Lipinski definition) is 0. The SMILES string of the molecule is CCCCCCCCc1ccc(-c2ccc(C(=O)OC(C)COC(=O)CCC)cc2)cc1. The minimum absolute atomic E-state index is 0.0771. The summed E-state index contributed by atoms with van der Waals surface area (Å²) in [6.07, 6.45) is 9.63. The fourth-order valence-corrected chi connectivity index (χ4v) is 3.54. The first kappa shape index (κ1) is 25.6. The van der Waals surface area contributed by atoms with Gasteiger partial charge in [0.05, 0.1) is 5.56 Å². The van der Waals surface area contributed by atoms with Gasteiger partial charge < -0.3 is 9.47 Å². The van der Waals surface area contributed by atoms with Gasteiger partial charge in [-0.2, -0.15) is 0 Å². The summed E-state index contributed by atoms with van der Waals surface area (Å²) < 4.78 is 10.5. The maximum atomic E-state index is 12.3. The van der Waals surface area contributed by atoms with E-state index in [4.69, 9.17) is 9.47 Å². The maximum absolute atomic E-state index is 12.3. The minimum Gasteiger partial charge on any atom is -0.462 e. The molecule has 2 rings (SSSR count). The Morgan fingerprint density at radius 3 is 2.00 bits per heavy atom. The van der Waals surface area contributed by atoms with Gasteiger partial charge >= 0.3 is 11.9 Å². The molecule has 32 heavy (non-hydrogen) atoms. The molecule has 2 aromatic carbocycles. The molecular weight excluding hydrogens is 400 g/mol. The van der Waals surface area contributed by atoms with Crippen LogP contribution in [0.4, 0.5) is 0 Å². The first-order chi connectivity index (χ1) is 15.5. The van der Waals surface area contributed by atoms with Gasteiger partial charge in [-0.05, 0) is 55.0 Å². The van der Waals surface area contributed by atoms with Crippen LogP contribution in [0.2, 0.25) is 0 Å². The molecule has 4 nitrogen and oxygen atoms in total. The Hall–Kier alpha value is -2.62. The van der Waals surface area contributed by atoms with Crippen LogP contribution in [0, 0.1) is 0 Å². The second kappa shape index (κ2) is 14.4. The van der Waals surface area contributed by atoms with Crippen molar-refractivity contribution in [2.45, 2.75) is 84.7 Å². The van der Waals surface area contributed by atoms with E-state index in [1.54, 1.807) is 19.1 Å². The van der Waals surface area contributed by atoms with E-state index in [9.17, 15) is 9.59 Å². The monoisotopic (exact) mass is 438 g/mol. The molecule has 0 radical (unpaired) electrons. The lowest BCUT2D eigenvalue weighted by Crippen LogP contribution is -2.22. The molecule has 0 aliphatic heterocycles. The summed E-state index contributed by atoms with van der Waals surface area (Å²) in [7, 11) is 0. The van der Waals surface area contributed by atoms with E-state index < -0.39 is 12.1 Å². The summed E-state index contributed by atoms with van der Waals surface area (Å²) in [5, 5.41) is 0. The first-order valence-electron chi connectivity index (χ1n) is 12.1. The second-order valence-electron chi connectivity index (χ2n) is 8.44. The predicted octanol–water partition coefficient (Wildman–Crippen LogP) is 7.15. The third-order valence-corrected chi connectivity index (χ3v) is 5.47. The molecule has 0 aliphatic rings. The summed E-state index contributed by atoms with van der Waals surface area (Å²) in [5.41, 5.74) is 4.06. The Kier molecular flexibility index (Phi) is 11.6. The summed E-state index contributed by atoms with van der Waals surface area (Å²) >= 11 is 0. The molecule has 2 aromatic rings. The molecule has 1 unspecified atom stereocenters. The number of carbonyl (C=O) groups is 2. The molecule has 0 heterocycles. The number of aryl methyl sites for hydroxylation is 1. The highest BCUT2D eigenvalue weighted by atomic mass is 16.6.